The van der Waals surface area contributed by atoms with Gasteiger partial charge in [-0.1, -0.05) is 29.8 Å². The summed E-state index contributed by atoms with van der Waals surface area (Å²) in [6, 6.07) is 11.8. The molecule has 1 N–H and O–H groups in total. The number of hydrogen-bond donors (Lipinski definition) is 1. The molecule has 1 amide bonds. The van der Waals surface area contributed by atoms with Gasteiger partial charge in [0.05, 0.1) is 17.6 Å². The maximum Gasteiger partial charge on any atom is 0.278 e. The minimum Gasteiger partial charge on any atom is -0.318 e. The number of amides is 1. The third kappa shape index (κ3) is 3.20. The lowest BCUT2D eigenvalue weighted by Gasteiger charge is -2.09. The largest absolute Gasteiger partial charge is 0.318 e. The third-order valence-electron chi connectivity index (χ3n) is 4.39. The number of aromatic nitrogens is 4. The van der Waals surface area contributed by atoms with E-state index < -0.39 is 11.7 Å². The van der Waals surface area contributed by atoms with Crippen molar-refractivity contribution in [3.05, 3.63) is 76.5 Å². The lowest BCUT2D eigenvalue weighted by Crippen LogP contribution is -2.19. The third-order valence-corrected chi connectivity index (χ3v) is 4.64. The molecule has 2 aromatic carbocycles. The van der Waals surface area contributed by atoms with Crippen molar-refractivity contribution in [2.24, 2.45) is 0 Å². The molecule has 2 heterocycles. The molecule has 0 fully saturated rings. The zero-order valence-electron chi connectivity index (χ0n) is 15.1. The van der Waals surface area contributed by atoms with Crippen molar-refractivity contribution in [3.63, 3.8) is 0 Å². The second-order valence-electron chi connectivity index (χ2n) is 6.37. The maximum absolute atomic E-state index is 14.0. The molecule has 0 aliphatic rings. The van der Waals surface area contributed by atoms with Gasteiger partial charge in [0.25, 0.3) is 5.91 Å². The Bertz CT molecular complexity index is 1200. The van der Waals surface area contributed by atoms with Gasteiger partial charge in [0.1, 0.15) is 5.82 Å². The molecule has 0 spiro atoms. The summed E-state index contributed by atoms with van der Waals surface area (Å²) in [6.07, 6.45) is 1.65. The molecule has 0 saturated heterocycles. The molecule has 0 saturated carbocycles. The molecule has 0 aliphatic heterocycles. The predicted octanol–water partition coefficient (Wildman–Crippen LogP) is 4.45. The summed E-state index contributed by atoms with van der Waals surface area (Å²) in [5.74, 6) is -1.07. The molecule has 2 aromatic heterocycles. The second-order valence-corrected chi connectivity index (χ2v) is 6.81. The Labute approximate surface area is 165 Å². The van der Waals surface area contributed by atoms with E-state index in [9.17, 15) is 9.18 Å². The Hall–Kier alpha value is -3.32. The molecule has 0 aliphatic carbocycles. The van der Waals surface area contributed by atoms with Gasteiger partial charge in [0.15, 0.2) is 11.3 Å². The summed E-state index contributed by atoms with van der Waals surface area (Å²) in [6.45, 7) is 3.48. The number of rotatable bonds is 3. The van der Waals surface area contributed by atoms with Crippen molar-refractivity contribution < 1.29 is 9.18 Å². The minimum atomic E-state index is -0.557. The SMILES string of the molecule is Cc1ccc(NC(=O)c2nnc3c(-c4ccc(Cl)cc4)cnn3c2C)c(F)c1. The van der Waals surface area contributed by atoms with Crippen molar-refractivity contribution in [2.45, 2.75) is 13.8 Å². The summed E-state index contributed by atoms with van der Waals surface area (Å²) in [5, 5.41) is 15.7. The number of carbonyl (C=O) groups is 1. The summed E-state index contributed by atoms with van der Waals surface area (Å²) in [7, 11) is 0. The zero-order chi connectivity index (χ0) is 19.8. The fourth-order valence-corrected chi connectivity index (χ4v) is 3.03. The van der Waals surface area contributed by atoms with Crippen LogP contribution >= 0.6 is 11.6 Å². The Morgan fingerprint density at radius 1 is 1.11 bits per heavy atom. The number of nitrogens with one attached hydrogen (secondary N) is 1. The molecule has 0 atom stereocenters. The van der Waals surface area contributed by atoms with Crippen LogP contribution < -0.4 is 5.32 Å². The topological polar surface area (TPSA) is 72.2 Å². The molecule has 0 radical (unpaired) electrons. The quantitative estimate of drug-likeness (QED) is 0.556. The highest BCUT2D eigenvalue weighted by Crippen LogP contribution is 2.25. The first-order chi connectivity index (χ1) is 13.4. The van der Waals surface area contributed by atoms with E-state index in [1.807, 2.05) is 12.1 Å². The minimum absolute atomic E-state index is 0.0678. The monoisotopic (exact) mass is 395 g/mol. The smallest absolute Gasteiger partial charge is 0.278 e. The number of carbonyl (C=O) groups excluding carboxylic acids is 1. The lowest BCUT2D eigenvalue weighted by molar-refractivity contribution is 0.101. The van der Waals surface area contributed by atoms with Gasteiger partial charge in [-0.25, -0.2) is 8.91 Å². The molecule has 140 valence electrons. The Balaban J connectivity index is 1.70. The maximum atomic E-state index is 14.0. The van der Waals surface area contributed by atoms with Crippen LogP contribution in [0.5, 0.6) is 0 Å². The van der Waals surface area contributed by atoms with Gasteiger partial charge < -0.3 is 5.32 Å². The van der Waals surface area contributed by atoms with Crippen molar-refractivity contribution >= 4 is 28.8 Å². The molecule has 28 heavy (non-hydrogen) atoms. The number of anilines is 1. The average Bonchev–Trinajstić information content (AvgIpc) is 3.10. The fraction of sp³-hybridized carbons (Fsp3) is 0.100. The van der Waals surface area contributed by atoms with E-state index in [2.05, 4.69) is 20.6 Å². The Morgan fingerprint density at radius 3 is 2.57 bits per heavy atom. The van der Waals surface area contributed by atoms with Crippen LogP contribution in [0.1, 0.15) is 21.7 Å². The molecular formula is C20H15ClFN5O. The van der Waals surface area contributed by atoms with E-state index in [0.717, 1.165) is 16.7 Å². The van der Waals surface area contributed by atoms with E-state index in [4.69, 9.17) is 11.6 Å². The Kier molecular flexibility index (Phi) is 4.52. The number of hydrogen-bond acceptors (Lipinski definition) is 4. The van der Waals surface area contributed by atoms with Crippen LogP contribution in [0.3, 0.4) is 0 Å². The van der Waals surface area contributed by atoms with E-state index in [-0.39, 0.29) is 11.4 Å². The van der Waals surface area contributed by atoms with Crippen LogP contribution in [0.2, 0.25) is 5.02 Å². The highest BCUT2D eigenvalue weighted by atomic mass is 35.5. The normalized spacial score (nSPS) is 11.0. The first kappa shape index (κ1) is 18.1. The Morgan fingerprint density at radius 2 is 1.86 bits per heavy atom. The summed E-state index contributed by atoms with van der Waals surface area (Å²) >= 11 is 5.94. The molecule has 4 aromatic rings. The van der Waals surface area contributed by atoms with Crippen LogP contribution in [0.15, 0.2) is 48.7 Å². The number of aryl methyl sites for hydroxylation is 2. The van der Waals surface area contributed by atoms with E-state index in [1.165, 1.54) is 16.6 Å². The molecular weight excluding hydrogens is 381 g/mol. The molecule has 8 heteroatoms. The lowest BCUT2D eigenvalue weighted by atomic mass is 10.1. The van der Waals surface area contributed by atoms with E-state index >= 15 is 0 Å². The standard InChI is InChI=1S/C20H15ClFN5O/c1-11-3-8-17(16(22)9-11)24-20(28)18-12(2)27-19(26-25-18)15(10-23-27)13-4-6-14(21)7-5-13/h3-10H,1-2H3,(H,24,28). The summed E-state index contributed by atoms with van der Waals surface area (Å²) in [4.78, 5) is 12.6. The van der Waals surface area contributed by atoms with Crippen LogP contribution in [-0.4, -0.2) is 25.7 Å². The number of benzene rings is 2. The van der Waals surface area contributed by atoms with Crippen LogP contribution in [0.25, 0.3) is 16.8 Å². The van der Waals surface area contributed by atoms with Gasteiger partial charge in [0.2, 0.25) is 0 Å². The van der Waals surface area contributed by atoms with Gasteiger partial charge in [-0.2, -0.15) is 5.10 Å². The van der Waals surface area contributed by atoms with E-state index in [1.54, 1.807) is 38.2 Å². The predicted molar refractivity (Wildman–Crippen MR) is 105 cm³/mol. The van der Waals surface area contributed by atoms with Crippen LogP contribution in [0, 0.1) is 19.7 Å². The zero-order valence-corrected chi connectivity index (χ0v) is 15.8. The van der Waals surface area contributed by atoms with Gasteiger partial charge >= 0.3 is 0 Å². The average molecular weight is 396 g/mol. The van der Waals surface area contributed by atoms with Gasteiger partial charge in [-0.15, -0.1) is 10.2 Å². The van der Waals surface area contributed by atoms with Crippen molar-refractivity contribution in [1.29, 1.82) is 0 Å². The molecule has 0 unspecified atom stereocenters. The highest BCUT2D eigenvalue weighted by Gasteiger charge is 2.19. The van der Waals surface area contributed by atoms with Crippen LogP contribution in [0.4, 0.5) is 10.1 Å². The molecule has 0 bridgehead atoms. The summed E-state index contributed by atoms with van der Waals surface area (Å²) in [5.41, 5.74) is 3.57. The van der Waals surface area contributed by atoms with E-state index in [0.29, 0.717) is 16.4 Å². The molecule has 6 nitrogen and oxygen atoms in total. The van der Waals surface area contributed by atoms with Crippen LogP contribution in [-0.2, 0) is 0 Å². The van der Waals surface area contributed by atoms with Gasteiger partial charge in [-0.3, -0.25) is 4.79 Å². The summed E-state index contributed by atoms with van der Waals surface area (Å²) < 4.78 is 15.6. The van der Waals surface area contributed by atoms with Crippen molar-refractivity contribution in [3.8, 4) is 11.1 Å². The first-order valence-electron chi connectivity index (χ1n) is 8.48. The number of nitrogens with zero attached hydrogens (tertiary/aromatic N) is 4. The first-order valence-corrected chi connectivity index (χ1v) is 8.86. The number of fused-ring (bicyclic) bond motifs is 1. The van der Waals surface area contributed by atoms with Crippen molar-refractivity contribution in [2.75, 3.05) is 5.32 Å². The number of halogens is 2. The van der Waals surface area contributed by atoms with Gasteiger partial charge in [-0.05, 0) is 49.2 Å². The fourth-order valence-electron chi connectivity index (χ4n) is 2.90. The second kappa shape index (κ2) is 7.01. The highest BCUT2D eigenvalue weighted by molar-refractivity contribution is 6.30. The van der Waals surface area contributed by atoms with Gasteiger partial charge in [0, 0.05) is 10.6 Å². The van der Waals surface area contributed by atoms with Crippen molar-refractivity contribution in [1.82, 2.24) is 19.8 Å². The molecule has 4 rings (SSSR count).